The molecule has 0 saturated heterocycles. The van der Waals surface area contributed by atoms with Gasteiger partial charge in [-0.15, -0.1) is 0 Å². The van der Waals surface area contributed by atoms with E-state index in [1.165, 1.54) is 41.7 Å². The number of carbonyl (C=O) groups is 1. The van der Waals surface area contributed by atoms with Gasteiger partial charge in [0, 0.05) is 11.3 Å². The molecular formula is C30H35FN2O3S2. The fourth-order valence-electron chi connectivity index (χ4n) is 5.85. The molecule has 0 amide bonds. The van der Waals surface area contributed by atoms with E-state index in [2.05, 4.69) is 25.8 Å². The number of aryl methyl sites for hydroxylation is 1. The van der Waals surface area contributed by atoms with E-state index in [-0.39, 0.29) is 34.2 Å². The van der Waals surface area contributed by atoms with Crippen molar-refractivity contribution in [3.8, 4) is 0 Å². The number of aliphatic hydroxyl groups is 1. The number of nitrogens with zero attached hydrogens (tertiary/aromatic N) is 1. The number of cyclic esters (lactones) is 1. The molecule has 1 saturated carbocycles. The van der Waals surface area contributed by atoms with Crippen molar-refractivity contribution >= 4 is 44.4 Å². The molecule has 3 aromatic rings. The second kappa shape index (κ2) is 10.5. The number of aromatic nitrogens is 1. The maximum Gasteiger partial charge on any atom is 0.349 e. The van der Waals surface area contributed by atoms with E-state index >= 15 is 0 Å². The molecule has 1 aliphatic heterocycles. The van der Waals surface area contributed by atoms with Gasteiger partial charge >= 0.3 is 5.97 Å². The Morgan fingerprint density at radius 2 is 1.97 bits per heavy atom. The second-order valence-corrected chi connectivity index (χ2v) is 13.7. The molecule has 8 heteroatoms. The van der Waals surface area contributed by atoms with Crippen LogP contribution in [0.2, 0.25) is 0 Å². The molecule has 38 heavy (non-hydrogen) atoms. The predicted octanol–water partition coefficient (Wildman–Crippen LogP) is 8.08. The van der Waals surface area contributed by atoms with Crippen molar-refractivity contribution in [2.45, 2.75) is 88.0 Å². The van der Waals surface area contributed by atoms with Crippen LogP contribution < -0.4 is 5.73 Å². The molecule has 5 nitrogen and oxygen atoms in total. The number of thiazole rings is 1. The summed E-state index contributed by atoms with van der Waals surface area (Å²) in [7, 11) is 0. The first-order chi connectivity index (χ1) is 18.0. The third-order valence-corrected chi connectivity index (χ3v) is 9.82. The summed E-state index contributed by atoms with van der Waals surface area (Å²) >= 11 is 2.67. The van der Waals surface area contributed by atoms with Crippen LogP contribution in [-0.2, 0) is 21.4 Å². The summed E-state index contributed by atoms with van der Waals surface area (Å²) in [6, 6.07) is 10.6. The maximum absolute atomic E-state index is 13.8. The molecule has 202 valence electrons. The number of ether oxygens (including phenoxy) is 1. The number of nitrogen functional groups attached to an aromatic ring is 1. The Labute approximate surface area is 231 Å². The van der Waals surface area contributed by atoms with Crippen LogP contribution >= 0.6 is 23.1 Å². The number of nitrogens with two attached hydrogens (primary N) is 1. The normalized spacial score (nSPS) is 21.2. The monoisotopic (exact) mass is 554 g/mol. The van der Waals surface area contributed by atoms with Crippen molar-refractivity contribution in [1.29, 1.82) is 0 Å². The zero-order chi connectivity index (χ0) is 27.1. The lowest BCUT2D eigenvalue weighted by Gasteiger charge is -2.44. The van der Waals surface area contributed by atoms with E-state index in [0.29, 0.717) is 18.0 Å². The molecule has 0 unspecified atom stereocenters. The first-order valence-corrected chi connectivity index (χ1v) is 15.0. The highest BCUT2D eigenvalue weighted by molar-refractivity contribution is 8.04. The van der Waals surface area contributed by atoms with Gasteiger partial charge in [-0.3, -0.25) is 0 Å². The van der Waals surface area contributed by atoms with Crippen LogP contribution in [0.5, 0.6) is 0 Å². The molecule has 1 aromatic heterocycles. The Kier molecular flexibility index (Phi) is 7.48. The lowest BCUT2D eigenvalue weighted by Crippen LogP contribution is -2.47. The number of benzene rings is 2. The van der Waals surface area contributed by atoms with E-state index in [0.717, 1.165) is 51.9 Å². The fourth-order valence-corrected chi connectivity index (χ4v) is 7.87. The number of halogens is 1. The number of thioether (sulfide) groups is 1. The Hall–Kier alpha value is -2.58. The number of esters is 1. The highest BCUT2D eigenvalue weighted by Gasteiger charge is 2.48. The number of hydrogen-bond donors (Lipinski definition) is 2. The van der Waals surface area contributed by atoms with E-state index in [1.54, 1.807) is 6.07 Å². The summed E-state index contributed by atoms with van der Waals surface area (Å²) in [5.74, 6) is -0.498. The minimum atomic E-state index is -0.791. The summed E-state index contributed by atoms with van der Waals surface area (Å²) < 4.78 is 21.1. The van der Waals surface area contributed by atoms with Gasteiger partial charge in [0.15, 0.2) is 5.13 Å². The van der Waals surface area contributed by atoms with Crippen LogP contribution in [0.1, 0.15) is 76.8 Å². The second-order valence-electron chi connectivity index (χ2n) is 11.6. The number of anilines is 1. The van der Waals surface area contributed by atoms with Crippen LogP contribution in [0.25, 0.3) is 10.2 Å². The summed E-state index contributed by atoms with van der Waals surface area (Å²) in [4.78, 5) is 19.2. The molecule has 1 aliphatic carbocycles. The maximum atomic E-state index is 13.8. The van der Waals surface area contributed by atoms with Gasteiger partial charge in [0.2, 0.25) is 0 Å². The van der Waals surface area contributed by atoms with E-state index in [1.807, 2.05) is 18.2 Å². The minimum absolute atomic E-state index is 0.0832. The fraction of sp³-hybridized carbons (Fsp3) is 0.467. The van der Waals surface area contributed by atoms with Gasteiger partial charge in [-0.1, -0.05) is 75.3 Å². The molecule has 2 aliphatic rings. The van der Waals surface area contributed by atoms with Gasteiger partial charge in [0.05, 0.1) is 10.2 Å². The summed E-state index contributed by atoms with van der Waals surface area (Å²) in [5.41, 5.74) is 7.70. The Morgan fingerprint density at radius 1 is 1.21 bits per heavy atom. The molecule has 0 radical (unpaired) electrons. The Bertz CT molecular complexity index is 1390. The van der Waals surface area contributed by atoms with E-state index < -0.39 is 11.6 Å². The molecule has 0 bridgehead atoms. The number of fused-ring (bicyclic) bond motifs is 1. The van der Waals surface area contributed by atoms with Crippen molar-refractivity contribution < 1.29 is 19.0 Å². The van der Waals surface area contributed by atoms with Crippen molar-refractivity contribution in [2.75, 3.05) is 5.73 Å². The molecule has 5 rings (SSSR count). The first-order valence-electron chi connectivity index (χ1n) is 13.3. The standard InChI is InChI=1S/C30H35FN2O3S2/c1-29(2,3)21-15-22-25(38-28(32)33-22)16-24(21)37-26-23(34)17-30(36-27(26)35,19-9-5-4-6-10-19)13-12-18-8-7-11-20(31)14-18/h7-8,11,14-16,19,34H,4-6,9-10,12-13,17H2,1-3H3,(H2,32,33)/t30-/m0/s1. The predicted molar refractivity (Wildman–Crippen MR) is 153 cm³/mol. The van der Waals surface area contributed by atoms with Gasteiger partial charge < -0.3 is 15.6 Å². The third-order valence-electron chi connectivity index (χ3n) is 7.81. The topological polar surface area (TPSA) is 85.4 Å². The van der Waals surface area contributed by atoms with Gasteiger partial charge in [-0.25, -0.2) is 14.2 Å². The zero-order valence-corrected chi connectivity index (χ0v) is 23.8. The highest BCUT2D eigenvalue weighted by Crippen LogP contribution is 2.49. The molecule has 1 fully saturated rings. The van der Waals surface area contributed by atoms with Crippen LogP contribution in [0.4, 0.5) is 9.52 Å². The first kappa shape index (κ1) is 27.0. The zero-order valence-electron chi connectivity index (χ0n) is 22.2. The van der Waals surface area contributed by atoms with Gasteiger partial charge in [-0.2, -0.15) is 0 Å². The minimum Gasteiger partial charge on any atom is -0.511 e. The largest absolute Gasteiger partial charge is 0.511 e. The van der Waals surface area contributed by atoms with Gasteiger partial charge in [0.25, 0.3) is 0 Å². The Balaban J connectivity index is 1.48. The van der Waals surface area contributed by atoms with Crippen LogP contribution in [0.3, 0.4) is 0 Å². The number of aliphatic hydroxyl groups excluding tert-OH is 1. The average Bonchev–Trinajstić information content (AvgIpc) is 3.23. The summed E-state index contributed by atoms with van der Waals surface area (Å²) in [5, 5.41) is 11.9. The van der Waals surface area contributed by atoms with Crippen molar-refractivity contribution in [3.05, 3.63) is 64.0 Å². The lowest BCUT2D eigenvalue weighted by atomic mass is 9.71. The summed E-state index contributed by atoms with van der Waals surface area (Å²) in [6.45, 7) is 6.34. The molecular weight excluding hydrogens is 519 g/mol. The molecule has 0 spiro atoms. The lowest BCUT2D eigenvalue weighted by molar-refractivity contribution is -0.168. The van der Waals surface area contributed by atoms with Crippen LogP contribution in [-0.4, -0.2) is 21.7 Å². The smallest absolute Gasteiger partial charge is 0.349 e. The third kappa shape index (κ3) is 5.57. The Morgan fingerprint density at radius 3 is 2.66 bits per heavy atom. The van der Waals surface area contributed by atoms with Crippen molar-refractivity contribution in [3.63, 3.8) is 0 Å². The summed E-state index contributed by atoms with van der Waals surface area (Å²) in [6.07, 6.45) is 6.68. The van der Waals surface area contributed by atoms with Gasteiger partial charge in [-0.05, 0) is 72.4 Å². The van der Waals surface area contributed by atoms with Crippen LogP contribution in [0.15, 0.2) is 52.0 Å². The molecule has 2 heterocycles. The van der Waals surface area contributed by atoms with Gasteiger partial charge in [0.1, 0.15) is 22.1 Å². The van der Waals surface area contributed by atoms with E-state index in [4.69, 9.17) is 10.5 Å². The SMILES string of the molecule is CC(C)(C)c1cc2nc(N)sc2cc1SC1=C(O)C[C@@](CCc2cccc(F)c2)(C2CCCCC2)OC1=O. The van der Waals surface area contributed by atoms with Crippen molar-refractivity contribution in [2.24, 2.45) is 5.92 Å². The average molecular weight is 555 g/mol. The highest BCUT2D eigenvalue weighted by atomic mass is 32.2. The van der Waals surface area contributed by atoms with E-state index in [9.17, 15) is 14.3 Å². The number of carbonyl (C=O) groups excluding carboxylic acids is 1. The molecule has 3 N–H and O–H groups in total. The number of hydrogen-bond acceptors (Lipinski definition) is 7. The van der Waals surface area contributed by atoms with Crippen LogP contribution in [0, 0.1) is 11.7 Å². The quantitative estimate of drug-likeness (QED) is 0.300. The molecule has 2 aromatic carbocycles. The van der Waals surface area contributed by atoms with Crippen molar-refractivity contribution in [1.82, 2.24) is 4.98 Å². The number of rotatable bonds is 6. The molecule has 1 atom stereocenters.